The monoisotopic (exact) mass is 1240 g/mol. The summed E-state index contributed by atoms with van der Waals surface area (Å²) in [5.41, 5.74) is 9.89. The summed E-state index contributed by atoms with van der Waals surface area (Å²) in [7, 11) is 1.55. The molecule has 0 saturated heterocycles. The molecule has 6 aromatic carbocycles. The van der Waals surface area contributed by atoms with E-state index in [1.54, 1.807) is 72.7 Å². The van der Waals surface area contributed by atoms with E-state index in [1.807, 2.05) is 50.2 Å². The highest BCUT2D eigenvalue weighted by Crippen LogP contribution is 2.42. The number of rotatable bonds is 7. The predicted octanol–water partition coefficient (Wildman–Crippen LogP) is 16.8. The van der Waals surface area contributed by atoms with Crippen LogP contribution in [-0.2, 0) is 0 Å². The van der Waals surface area contributed by atoms with Crippen molar-refractivity contribution in [3.05, 3.63) is 203 Å². The van der Waals surface area contributed by atoms with Crippen molar-refractivity contribution >= 4 is 130 Å². The van der Waals surface area contributed by atoms with E-state index >= 15 is 0 Å². The normalized spacial score (nSPS) is 11.2. The minimum atomic E-state index is -0.536. The lowest BCUT2D eigenvalue weighted by Crippen LogP contribution is -2.02. The van der Waals surface area contributed by atoms with Crippen molar-refractivity contribution < 1.29 is 17.9 Å². The molecule has 0 aliphatic heterocycles. The maximum Gasteiger partial charge on any atom is 0.161 e. The Labute approximate surface area is 484 Å². The second-order valence-corrected chi connectivity index (χ2v) is 20.6. The molecule has 0 amide bonds. The van der Waals surface area contributed by atoms with Crippen LogP contribution in [0, 0.1) is 31.3 Å². The molecule has 6 heterocycles. The third-order valence-electron chi connectivity index (χ3n) is 11.9. The van der Waals surface area contributed by atoms with Crippen LogP contribution in [0.25, 0.3) is 83.5 Å². The minimum Gasteiger partial charge on any atom is -0.497 e. The Kier molecular flexibility index (Phi) is 15.9. The van der Waals surface area contributed by atoms with Crippen molar-refractivity contribution in [3.8, 4) is 56.2 Å². The standard InChI is InChI=1S/C18H10BrCl2FN4O.C18H10Cl3FN4.C18H11Cl2FN4/c1-27-10-2-3-11(12(20)8-10)16-15(4-5-23-18(16)21)26-17-13(22)6-9(19)7-14(17)24-25-26;1-9-2-3-11(12(20)6-9)16-15(4-5-23-18(16)21)26-17-13(22)7-10(19)8-14(17)24-25-26;1-10-2-4-12(13(19)6-10)17-16(8-23-24-18(17)20)25-9-22-14-7-11(21)3-5-15(14)25/h2-8H,1H3;2-8H,1H3;2-9H,1H3. The van der Waals surface area contributed by atoms with Gasteiger partial charge in [0, 0.05) is 71.4 Å². The van der Waals surface area contributed by atoms with Crippen molar-refractivity contribution in [2.24, 2.45) is 0 Å². The zero-order chi connectivity index (χ0) is 55.1. The highest BCUT2D eigenvalue weighted by atomic mass is 79.9. The van der Waals surface area contributed by atoms with Crippen LogP contribution in [0.1, 0.15) is 11.1 Å². The third-order valence-corrected chi connectivity index (χ3v) is 14.4. The second kappa shape index (κ2) is 22.8. The molecule has 6 aromatic heterocycles. The Bertz CT molecular complexity index is 4310. The SMILES string of the molecule is COc1ccc(-c2c(-n3nnc4cc(Br)cc(F)c43)ccnc2Cl)c(Cl)c1.Cc1ccc(-c2c(-n3cnc4cc(F)ccc43)cnnc2Cl)c(Cl)c1.Cc1ccc(-c2c(-n3nnc4cc(Cl)cc(F)c43)ccnc2Cl)c(Cl)c1. The van der Waals surface area contributed by atoms with Crippen LogP contribution in [0.2, 0.25) is 35.5 Å². The topological polar surface area (TPSA) is 140 Å². The van der Waals surface area contributed by atoms with Gasteiger partial charge < -0.3 is 4.74 Å². The first kappa shape index (κ1) is 54.4. The summed E-state index contributed by atoms with van der Waals surface area (Å²) in [5.74, 6) is -0.742. The van der Waals surface area contributed by atoms with Gasteiger partial charge in [-0.25, -0.2) is 37.5 Å². The number of aryl methyl sites for hydroxylation is 2. The van der Waals surface area contributed by atoms with Gasteiger partial charge in [-0.3, -0.25) is 4.57 Å². The number of halogens is 11. The van der Waals surface area contributed by atoms with Crippen LogP contribution in [0.15, 0.2) is 139 Å². The van der Waals surface area contributed by atoms with E-state index in [1.165, 1.54) is 46.0 Å². The second-order valence-electron chi connectivity index (χ2n) is 17.0. The van der Waals surface area contributed by atoms with Crippen molar-refractivity contribution in [2.45, 2.75) is 13.8 Å². The number of ether oxygens (including phenoxy) is 1. The average molecular weight is 1250 g/mol. The molecule has 0 spiro atoms. The molecule has 0 N–H and O–H groups in total. The van der Waals surface area contributed by atoms with E-state index in [0.29, 0.717) is 86.7 Å². The first-order chi connectivity index (χ1) is 37.5. The molecule has 0 fully saturated rings. The van der Waals surface area contributed by atoms with Crippen LogP contribution in [0.4, 0.5) is 13.2 Å². The van der Waals surface area contributed by atoms with Gasteiger partial charge in [0.1, 0.15) is 50.3 Å². The lowest BCUT2D eigenvalue weighted by atomic mass is 10.0. The van der Waals surface area contributed by atoms with Crippen molar-refractivity contribution in [3.63, 3.8) is 0 Å². The van der Waals surface area contributed by atoms with Gasteiger partial charge in [-0.2, -0.15) is 5.10 Å². The Balaban J connectivity index is 0.000000132. The fourth-order valence-electron chi connectivity index (χ4n) is 8.43. The molecule has 0 atom stereocenters. The summed E-state index contributed by atoms with van der Waals surface area (Å²) in [6.07, 6.45) is 6.22. The van der Waals surface area contributed by atoms with Gasteiger partial charge in [-0.15, -0.1) is 15.3 Å². The zero-order valence-corrected chi connectivity index (χ0v) is 47.0. The molecule has 0 aliphatic rings. The van der Waals surface area contributed by atoms with Crippen LogP contribution >= 0.6 is 97.1 Å². The largest absolute Gasteiger partial charge is 0.497 e. The molecule has 24 heteroatoms. The summed E-state index contributed by atoms with van der Waals surface area (Å²) in [5, 5.41) is 26.6. The number of imidazole rings is 1. The van der Waals surface area contributed by atoms with Gasteiger partial charge in [0.25, 0.3) is 0 Å². The van der Waals surface area contributed by atoms with Crippen LogP contribution in [0.3, 0.4) is 0 Å². The van der Waals surface area contributed by atoms with Gasteiger partial charge in [0.15, 0.2) is 16.8 Å². The zero-order valence-electron chi connectivity index (χ0n) is 40.1. The average Bonchev–Trinajstić information content (AvgIpc) is 4.29. The van der Waals surface area contributed by atoms with Gasteiger partial charge in [0.2, 0.25) is 0 Å². The molecule has 12 rings (SSSR count). The summed E-state index contributed by atoms with van der Waals surface area (Å²) in [4.78, 5) is 12.5. The van der Waals surface area contributed by atoms with Gasteiger partial charge in [0.05, 0.1) is 46.4 Å². The number of fused-ring (bicyclic) bond motifs is 3. The van der Waals surface area contributed by atoms with Crippen molar-refractivity contribution in [2.75, 3.05) is 7.11 Å². The van der Waals surface area contributed by atoms with E-state index in [4.69, 9.17) is 85.9 Å². The first-order valence-electron chi connectivity index (χ1n) is 22.7. The Morgan fingerprint density at radius 2 is 1.05 bits per heavy atom. The quantitative estimate of drug-likeness (QED) is 0.142. The molecule has 0 bridgehead atoms. The maximum atomic E-state index is 14.6. The Morgan fingerprint density at radius 3 is 1.62 bits per heavy atom. The lowest BCUT2D eigenvalue weighted by Gasteiger charge is -2.13. The Hall–Kier alpha value is -6.93. The Morgan fingerprint density at radius 1 is 0.513 bits per heavy atom. The fourth-order valence-corrected chi connectivity index (χ4v) is 10.7. The fraction of sp³-hybridized carbons (Fsp3) is 0.0556. The van der Waals surface area contributed by atoms with Crippen molar-refractivity contribution in [1.29, 1.82) is 0 Å². The van der Waals surface area contributed by atoms with E-state index in [-0.39, 0.29) is 37.3 Å². The van der Waals surface area contributed by atoms with E-state index < -0.39 is 11.6 Å². The highest BCUT2D eigenvalue weighted by Gasteiger charge is 2.23. The predicted molar refractivity (Wildman–Crippen MR) is 305 cm³/mol. The molecular weight excluding hydrogens is 1220 g/mol. The van der Waals surface area contributed by atoms with E-state index in [2.05, 4.69) is 61.7 Å². The molecule has 0 unspecified atom stereocenters. The third kappa shape index (κ3) is 10.8. The number of hydrogen-bond acceptors (Lipinski definition) is 10. The molecule has 0 aliphatic carbocycles. The van der Waals surface area contributed by atoms with Gasteiger partial charge >= 0.3 is 0 Å². The molecule has 13 nitrogen and oxygen atoms in total. The summed E-state index contributed by atoms with van der Waals surface area (Å²) in [6.45, 7) is 3.90. The smallest absolute Gasteiger partial charge is 0.161 e. The summed E-state index contributed by atoms with van der Waals surface area (Å²) >= 11 is 47.5. The number of methoxy groups -OCH3 is 1. The molecule has 0 saturated carbocycles. The van der Waals surface area contributed by atoms with Crippen LogP contribution in [0.5, 0.6) is 5.75 Å². The molecule has 390 valence electrons. The van der Waals surface area contributed by atoms with Crippen LogP contribution < -0.4 is 4.74 Å². The van der Waals surface area contributed by atoms with Crippen molar-refractivity contribution in [1.82, 2.24) is 59.7 Å². The van der Waals surface area contributed by atoms with E-state index in [0.717, 1.165) is 22.2 Å². The molecular formula is C54H31BrCl7F3N12O. The number of nitrogens with zero attached hydrogens (tertiary/aromatic N) is 12. The van der Waals surface area contributed by atoms with Gasteiger partial charge in [-0.1, -0.05) is 132 Å². The van der Waals surface area contributed by atoms with Gasteiger partial charge in [-0.05, 0) is 104 Å². The molecule has 78 heavy (non-hydrogen) atoms. The maximum absolute atomic E-state index is 14.6. The molecule has 0 radical (unpaired) electrons. The summed E-state index contributed by atoms with van der Waals surface area (Å²) in [6, 6.07) is 30.0. The van der Waals surface area contributed by atoms with E-state index in [9.17, 15) is 13.2 Å². The van der Waals surface area contributed by atoms with Crippen LogP contribution in [-0.4, -0.2) is 66.8 Å². The summed E-state index contributed by atoms with van der Waals surface area (Å²) < 4.78 is 52.9. The first-order valence-corrected chi connectivity index (χ1v) is 26.1. The lowest BCUT2D eigenvalue weighted by molar-refractivity contribution is 0.415. The number of benzene rings is 6. The number of aromatic nitrogens is 12. The minimum absolute atomic E-state index is 0.196. The number of hydrogen-bond donors (Lipinski definition) is 0. The molecule has 12 aromatic rings. The highest BCUT2D eigenvalue weighted by molar-refractivity contribution is 9.10. The number of pyridine rings is 2.